The molecule has 8 nitrogen and oxygen atoms in total. The molecule has 0 spiro atoms. The summed E-state index contributed by atoms with van der Waals surface area (Å²) in [5.41, 5.74) is 0.370. The summed E-state index contributed by atoms with van der Waals surface area (Å²) < 4.78 is 5.31. The van der Waals surface area contributed by atoms with Crippen LogP contribution < -0.4 is 16.0 Å². The van der Waals surface area contributed by atoms with Gasteiger partial charge in [-0.2, -0.15) is 0 Å². The Balaban J connectivity index is 0.00000480. The van der Waals surface area contributed by atoms with Crippen LogP contribution in [-0.2, 0) is 12.1 Å². The van der Waals surface area contributed by atoms with Gasteiger partial charge in [-0.1, -0.05) is 12.1 Å². The summed E-state index contributed by atoms with van der Waals surface area (Å²) >= 11 is 0. The van der Waals surface area contributed by atoms with E-state index in [1.165, 1.54) is 6.26 Å². The van der Waals surface area contributed by atoms with E-state index in [1.807, 2.05) is 44.1 Å². The van der Waals surface area contributed by atoms with E-state index in [1.54, 1.807) is 25.1 Å². The summed E-state index contributed by atoms with van der Waals surface area (Å²) in [6, 6.07) is 10.9. The van der Waals surface area contributed by atoms with Crippen molar-refractivity contribution in [3.63, 3.8) is 0 Å². The molecule has 1 amide bonds. The van der Waals surface area contributed by atoms with Crippen LogP contribution in [0.1, 0.15) is 35.5 Å². The molecule has 1 unspecified atom stereocenters. The molecule has 0 saturated carbocycles. The summed E-state index contributed by atoms with van der Waals surface area (Å²) in [6.07, 6.45) is 1.53. The average Bonchev–Trinajstić information content (AvgIpc) is 3.26. The van der Waals surface area contributed by atoms with E-state index in [0.717, 1.165) is 12.1 Å². The third-order valence-corrected chi connectivity index (χ3v) is 4.45. The standard InChI is InChI=1S/C22H33N5O3.HI/c1-5-23-21(26-16-22(2,29)19-10-7-13-30-19)25-15-17-8-6-9-18(14-17)20(28)24-11-12-27(3)4;/h6-10,13-14,29H,5,11-12,15-16H2,1-4H3,(H,24,28)(H2,23,25,26);1H. The van der Waals surface area contributed by atoms with Crippen LogP contribution in [0.25, 0.3) is 0 Å². The molecule has 0 fully saturated rings. The first-order chi connectivity index (χ1) is 14.3. The van der Waals surface area contributed by atoms with Gasteiger partial charge in [0.15, 0.2) is 5.96 Å². The minimum atomic E-state index is -1.16. The fraction of sp³-hybridized carbons (Fsp3) is 0.455. The van der Waals surface area contributed by atoms with E-state index in [4.69, 9.17) is 4.42 Å². The monoisotopic (exact) mass is 543 g/mol. The number of aliphatic hydroxyl groups is 1. The van der Waals surface area contributed by atoms with E-state index in [-0.39, 0.29) is 36.4 Å². The van der Waals surface area contributed by atoms with Crippen molar-refractivity contribution in [3.05, 3.63) is 59.5 Å². The Morgan fingerprint density at radius 2 is 1.97 bits per heavy atom. The molecule has 0 radical (unpaired) electrons. The van der Waals surface area contributed by atoms with Gasteiger partial charge >= 0.3 is 0 Å². The number of rotatable bonds is 10. The van der Waals surface area contributed by atoms with E-state index in [2.05, 4.69) is 20.9 Å². The molecule has 4 N–H and O–H groups in total. The van der Waals surface area contributed by atoms with Crippen LogP contribution in [0.2, 0.25) is 0 Å². The van der Waals surface area contributed by atoms with Crippen molar-refractivity contribution >= 4 is 35.8 Å². The zero-order valence-corrected chi connectivity index (χ0v) is 21.0. The quantitative estimate of drug-likeness (QED) is 0.208. The van der Waals surface area contributed by atoms with Gasteiger partial charge in [-0.05, 0) is 57.8 Å². The molecular weight excluding hydrogens is 509 g/mol. The predicted molar refractivity (Wildman–Crippen MR) is 134 cm³/mol. The molecule has 0 aliphatic rings. The summed E-state index contributed by atoms with van der Waals surface area (Å²) in [6.45, 7) is 6.36. The molecule has 1 aromatic heterocycles. The number of hydrogen-bond donors (Lipinski definition) is 4. The first-order valence-corrected chi connectivity index (χ1v) is 10.1. The second-order valence-corrected chi connectivity index (χ2v) is 7.56. The fourth-order valence-corrected chi connectivity index (χ4v) is 2.75. The van der Waals surface area contributed by atoms with Crippen molar-refractivity contribution in [2.45, 2.75) is 26.0 Å². The SMILES string of the molecule is CCNC(=NCc1cccc(C(=O)NCCN(C)C)c1)NCC(C)(O)c1ccco1.I. The van der Waals surface area contributed by atoms with Crippen molar-refractivity contribution < 1.29 is 14.3 Å². The maximum atomic E-state index is 12.3. The smallest absolute Gasteiger partial charge is 0.251 e. The van der Waals surface area contributed by atoms with Crippen molar-refractivity contribution in [3.8, 4) is 0 Å². The Labute approximate surface area is 201 Å². The molecule has 0 saturated heterocycles. The lowest BCUT2D eigenvalue weighted by atomic mass is 10.0. The van der Waals surface area contributed by atoms with Gasteiger partial charge < -0.3 is 30.4 Å². The highest BCUT2D eigenvalue weighted by atomic mass is 127. The van der Waals surface area contributed by atoms with Gasteiger partial charge in [0.05, 0.1) is 19.4 Å². The predicted octanol–water partition coefficient (Wildman–Crippen LogP) is 2.15. The molecule has 9 heteroatoms. The van der Waals surface area contributed by atoms with Crippen molar-refractivity contribution in [2.24, 2.45) is 4.99 Å². The Hall–Kier alpha value is -2.11. The highest BCUT2D eigenvalue weighted by molar-refractivity contribution is 14.0. The first-order valence-electron chi connectivity index (χ1n) is 10.1. The van der Waals surface area contributed by atoms with Crippen LogP contribution in [0, 0.1) is 0 Å². The zero-order valence-electron chi connectivity index (χ0n) is 18.6. The van der Waals surface area contributed by atoms with Gasteiger partial charge in [-0.25, -0.2) is 4.99 Å². The number of halogens is 1. The van der Waals surface area contributed by atoms with Crippen LogP contribution in [0.15, 0.2) is 52.1 Å². The number of amides is 1. The second kappa shape index (κ2) is 13.3. The van der Waals surface area contributed by atoms with E-state index >= 15 is 0 Å². The molecule has 172 valence electrons. The van der Waals surface area contributed by atoms with Crippen molar-refractivity contribution in [1.29, 1.82) is 0 Å². The largest absolute Gasteiger partial charge is 0.466 e. The Kier molecular flexibility index (Phi) is 11.6. The normalized spacial score (nSPS) is 13.3. The Morgan fingerprint density at radius 1 is 1.19 bits per heavy atom. The summed E-state index contributed by atoms with van der Waals surface area (Å²) in [7, 11) is 3.93. The minimum Gasteiger partial charge on any atom is -0.466 e. The molecule has 31 heavy (non-hydrogen) atoms. The van der Waals surface area contributed by atoms with Crippen LogP contribution >= 0.6 is 24.0 Å². The van der Waals surface area contributed by atoms with E-state index in [9.17, 15) is 9.90 Å². The highest BCUT2D eigenvalue weighted by Crippen LogP contribution is 2.19. The number of guanidine groups is 1. The maximum Gasteiger partial charge on any atom is 0.251 e. The molecule has 1 heterocycles. The number of carbonyl (C=O) groups is 1. The lowest BCUT2D eigenvalue weighted by Gasteiger charge is -2.22. The van der Waals surface area contributed by atoms with Gasteiger partial charge in [-0.3, -0.25) is 4.79 Å². The van der Waals surface area contributed by atoms with Gasteiger partial charge in [0, 0.05) is 25.2 Å². The Morgan fingerprint density at radius 3 is 2.61 bits per heavy atom. The second-order valence-electron chi connectivity index (χ2n) is 7.56. The van der Waals surface area contributed by atoms with Gasteiger partial charge in [0.2, 0.25) is 0 Å². The fourth-order valence-electron chi connectivity index (χ4n) is 2.75. The molecular formula is C22H34IN5O3. The van der Waals surface area contributed by atoms with Crippen molar-refractivity contribution in [1.82, 2.24) is 20.9 Å². The Bertz CT molecular complexity index is 822. The molecule has 0 aliphatic carbocycles. The van der Waals surface area contributed by atoms with E-state index < -0.39 is 5.60 Å². The van der Waals surface area contributed by atoms with Crippen LogP contribution in [0.5, 0.6) is 0 Å². The topological polar surface area (TPSA) is 102 Å². The highest BCUT2D eigenvalue weighted by Gasteiger charge is 2.26. The van der Waals surface area contributed by atoms with Gasteiger partial charge in [-0.15, -0.1) is 24.0 Å². The number of nitrogens with one attached hydrogen (secondary N) is 3. The third-order valence-electron chi connectivity index (χ3n) is 4.45. The molecule has 2 aromatic rings. The molecule has 1 aromatic carbocycles. The van der Waals surface area contributed by atoms with Crippen LogP contribution in [0.4, 0.5) is 0 Å². The van der Waals surface area contributed by atoms with Crippen molar-refractivity contribution in [2.75, 3.05) is 40.3 Å². The number of hydrogen-bond acceptors (Lipinski definition) is 5. The lowest BCUT2D eigenvalue weighted by Crippen LogP contribution is -2.44. The molecule has 1 atom stereocenters. The number of likely N-dealkylation sites (N-methyl/N-ethyl adjacent to an activating group) is 1. The van der Waals surface area contributed by atoms with Gasteiger partial charge in [0.1, 0.15) is 11.4 Å². The molecule has 2 rings (SSSR count). The zero-order chi connectivity index (χ0) is 22.0. The number of benzene rings is 1. The molecule has 0 bridgehead atoms. The lowest BCUT2D eigenvalue weighted by molar-refractivity contribution is 0.0386. The van der Waals surface area contributed by atoms with Gasteiger partial charge in [0.25, 0.3) is 5.91 Å². The first kappa shape index (κ1) is 26.9. The average molecular weight is 543 g/mol. The van der Waals surface area contributed by atoms with Crippen LogP contribution in [0.3, 0.4) is 0 Å². The minimum absolute atomic E-state index is 0. The number of carbonyl (C=O) groups excluding carboxylic acids is 1. The number of nitrogens with zero attached hydrogens (tertiary/aromatic N) is 2. The third kappa shape index (κ3) is 9.28. The van der Waals surface area contributed by atoms with E-state index in [0.29, 0.717) is 36.9 Å². The summed E-state index contributed by atoms with van der Waals surface area (Å²) in [5.74, 6) is 0.964. The van der Waals surface area contributed by atoms with Crippen LogP contribution in [-0.4, -0.2) is 62.1 Å². The maximum absolute atomic E-state index is 12.3. The summed E-state index contributed by atoms with van der Waals surface area (Å²) in [5, 5.41) is 19.8. The number of aliphatic imine (C=N–C) groups is 1. The molecule has 0 aliphatic heterocycles. The summed E-state index contributed by atoms with van der Waals surface area (Å²) in [4.78, 5) is 18.9. The number of furan rings is 1.